The number of amides is 3. The number of rotatable bonds is 6. The van der Waals surface area contributed by atoms with E-state index < -0.39 is 29.5 Å². The molecule has 21 heavy (non-hydrogen) atoms. The highest BCUT2D eigenvalue weighted by molar-refractivity contribution is 7.09. The van der Waals surface area contributed by atoms with Crippen LogP contribution < -0.4 is 16.4 Å². The number of aromatic nitrogens is 1. The Morgan fingerprint density at radius 2 is 2.10 bits per heavy atom. The highest BCUT2D eigenvalue weighted by Gasteiger charge is 2.24. The van der Waals surface area contributed by atoms with Crippen LogP contribution in [0.4, 0.5) is 4.79 Å². The molecule has 0 radical (unpaired) electrons. The highest BCUT2D eigenvalue weighted by Crippen LogP contribution is 2.18. The van der Waals surface area contributed by atoms with Crippen LogP contribution in [0.1, 0.15) is 48.7 Å². The first-order valence-corrected chi connectivity index (χ1v) is 7.04. The lowest BCUT2D eigenvalue weighted by molar-refractivity contribution is -0.119. The zero-order valence-electron chi connectivity index (χ0n) is 12.0. The number of primary amides is 1. The second-order valence-corrected chi connectivity index (χ2v) is 6.11. The first kappa shape index (κ1) is 16.9. The zero-order valence-corrected chi connectivity index (χ0v) is 12.8. The van der Waals surface area contributed by atoms with E-state index in [1.54, 1.807) is 20.8 Å². The van der Waals surface area contributed by atoms with E-state index in [2.05, 4.69) is 15.6 Å². The van der Waals surface area contributed by atoms with Gasteiger partial charge >= 0.3 is 12.0 Å². The Bertz CT molecular complexity index is 555. The number of aromatic carboxylic acids is 1. The van der Waals surface area contributed by atoms with Crippen molar-refractivity contribution in [2.45, 2.75) is 38.8 Å². The fourth-order valence-corrected chi connectivity index (χ4v) is 2.47. The van der Waals surface area contributed by atoms with Crippen LogP contribution >= 0.6 is 11.3 Å². The van der Waals surface area contributed by atoms with Crippen LogP contribution in [-0.2, 0) is 4.79 Å². The maximum Gasteiger partial charge on any atom is 0.355 e. The number of carbonyl (C=O) groups is 3. The van der Waals surface area contributed by atoms with Gasteiger partial charge in [0.05, 0.1) is 6.04 Å². The van der Waals surface area contributed by atoms with Crippen molar-refractivity contribution in [3.8, 4) is 0 Å². The van der Waals surface area contributed by atoms with Gasteiger partial charge in [-0.25, -0.2) is 14.6 Å². The summed E-state index contributed by atoms with van der Waals surface area (Å²) in [5, 5.41) is 15.9. The lowest BCUT2D eigenvalue weighted by atomic mass is 10.0. The van der Waals surface area contributed by atoms with Crippen LogP contribution in [0.3, 0.4) is 0 Å². The first-order chi connectivity index (χ1) is 9.60. The summed E-state index contributed by atoms with van der Waals surface area (Å²) in [4.78, 5) is 37.4. The number of carboxylic acids is 1. The summed E-state index contributed by atoms with van der Waals surface area (Å²) in [5.41, 5.74) is 4.27. The summed E-state index contributed by atoms with van der Waals surface area (Å²) in [5.74, 6) is -1.63. The molecule has 0 aliphatic heterocycles. The molecule has 1 atom stereocenters. The standard InChI is InChI=1S/C12H18N4O4S/c1-6(9-15-7(5-21-9)10(18)19)14-11(20)16-12(2,3)4-8(13)17/h5-6H,4H2,1-3H3,(H2,13,17)(H,18,19)(H2,14,16,20). The fourth-order valence-electron chi connectivity index (χ4n) is 1.67. The minimum atomic E-state index is -1.11. The van der Waals surface area contributed by atoms with Gasteiger partial charge in [-0.05, 0) is 20.8 Å². The molecule has 9 heteroatoms. The van der Waals surface area contributed by atoms with Crippen LogP contribution in [0.25, 0.3) is 0 Å². The van der Waals surface area contributed by atoms with Crippen LogP contribution in [0, 0.1) is 0 Å². The molecular weight excluding hydrogens is 296 g/mol. The van der Waals surface area contributed by atoms with Gasteiger partial charge in [-0.1, -0.05) is 0 Å². The molecule has 0 bridgehead atoms. The molecule has 0 aromatic carbocycles. The van der Waals surface area contributed by atoms with E-state index in [1.165, 1.54) is 5.38 Å². The number of carboxylic acid groups (broad SMARTS) is 1. The Morgan fingerprint density at radius 3 is 2.57 bits per heavy atom. The van der Waals surface area contributed by atoms with Crippen molar-refractivity contribution >= 4 is 29.2 Å². The predicted octanol–water partition coefficient (Wildman–Crippen LogP) is 0.855. The third-order valence-electron chi connectivity index (χ3n) is 2.53. The predicted molar refractivity (Wildman–Crippen MR) is 77.0 cm³/mol. The van der Waals surface area contributed by atoms with E-state index in [0.29, 0.717) is 5.01 Å². The molecule has 5 N–H and O–H groups in total. The van der Waals surface area contributed by atoms with Gasteiger partial charge in [-0.2, -0.15) is 0 Å². The SMILES string of the molecule is CC(NC(=O)NC(C)(C)CC(N)=O)c1nc(C(=O)O)cs1. The topological polar surface area (TPSA) is 134 Å². The maximum absolute atomic E-state index is 11.9. The van der Waals surface area contributed by atoms with E-state index in [0.717, 1.165) is 11.3 Å². The molecule has 0 saturated carbocycles. The largest absolute Gasteiger partial charge is 0.476 e. The van der Waals surface area contributed by atoms with Gasteiger partial charge in [0.15, 0.2) is 5.69 Å². The van der Waals surface area contributed by atoms with E-state index >= 15 is 0 Å². The van der Waals surface area contributed by atoms with Crippen molar-refractivity contribution in [2.24, 2.45) is 5.73 Å². The van der Waals surface area contributed by atoms with Gasteiger partial charge in [0.2, 0.25) is 5.91 Å². The second kappa shape index (κ2) is 6.53. The Kier molecular flexibility index (Phi) is 5.25. The normalized spacial score (nSPS) is 12.5. The molecule has 0 spiro atoms. The summed E-state index contributed by atoms with van der Waals surface area (Å²) in [6, 6.07) is -0.937. The lowest BCUT2D eigenvalue weighted by Crippen LogP contribution is -2.50. The van der Waals surface area contributed by atoms with E-state index in [4.69, 9.17) is 10.8 Å². The Labute approximate surface area is 125 Å². The Balaban J connectivity index is 2.61. The van der Waals surface area contributed by atoms with Crippen LogP contribution in [-0.4, -0.2) is 33.5 Å². The highest BCUT2D eigenvalue weighted by atomic mass is 32.1. The molecule has 1 unspecified atom stereocenters. The number of hydrogen-bond acceptors (Lipinski definition) is 5. The van der Waals surface area contributed by atoms with E-state index in [-0.39, 0.29) is 12.1 Å². The molecule has 0 fully saturated rings. The number of nitrogens with two attached hydrogens (primary N) is 1. The molecule has 0 aliphatic rings. The molecule has 1 heterocycles. The van der Waals surface area contributed by atoms with Crippen molar-refractivity contribution in [2.75, 3.05) is 0 Å². The smallest absolute Gasteiger partial charge is 0.355 e. The van der Waals surface area contributed by atoms with Gasteiger partial charge in [-0.3, -0.25) is 4.79 Å². The summed E-state index contributed by atoms with van der Waals surface area (Å²) in [6.45, 7) is 5.03. The van der Waals surface area contributed by atoms with E-state index in [9.17, 15) is 14.4 Å². The molecule has 0 aliphatic carbocycles. The van der Waals surface area contributed by atoms with Crippen molar-refractivity contribution in [3.63, 3.8) is 0 Å². The minimum absolute atomic E-state index is 0.00914. The molecule has 116 valence electrons. The third kappa shape index (κ3) is 5.38. The molecule has 3 amide bonds. The number of nitrogens with zero attached hydrogens (tertiary/aromatic N) is 1. The number of urea groups is 1. The molecule has 1 aromatic heterocycles. The van der Waals surface area contributed by atoms with Crippen molar-refractivity contribution in [1.82, 2.24) is 15.6 Å². The lowest BCUT2D eigenvalue weighted by Gasteiger charge is -2.25. The molecule has 8 nitrogen and oxygen atoms in total. The van der Waals surface area contributed by atoms with Crippen molar-refractivity contribution in [1.29, 1.82) is 0 Å². The van der Waals surface area contributed by atoms with Crippen molar-refractivity contribution < 1.29 is 19.5 Å². The average Bonchev–Trinajstić information content (AvgIpc) is 2.74. The quantitative estimate of drug-likeness (QED) is 0.617. The Morgan fingerprint density at radius 1 is 1.48 bits per heavy atom. The van der Waals surface area contributed by atoms with Crippen LogP contribution in [0.5, 0.6) is 0 Å². The third-order valence-corrected chi connectivity index (χ3v) is 3.55. The van der Waals surface area contributed by atoms with Crippen molar-refractivity contribution in [3.05, 3.63) is 16.1 Å². The fraction of sp³-hybridized carbons (Fsp3) is 0.500. The van der Waals surface area contributed by atoms with Crippen LogP contribution in [0.15, 0.2) is 5.38 Å². The van der Waals surface area contributed by atoms with E-state index in [1.807, 2.05) is 0 Å². The molecular formula is C12H18N4O4S. The first-order valence-electron chi connectivity index (χ1n) is 6.16. The number of nitrogens with one attached hydrogen (secondary N) is 2. The van der Waals surface area contributed by atoms with Gasteiger partial charge < -0.3 is 21.5 Å². The zero-order chi connectivity index (χ0) is 16.2. The maximum atomic E-state index is 11.9. The molecule has 1 aromatic rings. The summed E-state index contributed by atoms with van der Waals surface area (Å²) in [6.07, 6.45) is 0.00914. The summed E-state index contributed by atoms with van der Waals surface area (Å²) in [7, 11) is 0. The van der Waals surface area contributed by atoms with Gasteiger partial charge in [0, 0.05) is 17.3 Å². The molecule has 0 saturated heterocycles. The Hall–Kier alpha value is -2.16. The summed E-state index contributed by atoms with van der Waals surface area (Å²) >= 11 is 1.15. The van der Waals surface area contributed by atoms with Gasteiger partial charge in [0.25, 0.3) is 0 Å². The second-order valence-electron chi connectivity index (χ2n) is 5.22. The number of carbonyl (C=O) groups excluding carboxylic acids is 2. The number of thiazole rings is 1. The summed E-state index contributed by atoms with van der Waals surface area (Å²) < 4.78 is 0. The number of hydrogen-bond donors (Lipinski definition) is 4. The minimum Gasteiger partial charge on any atom is -0.476 e. The van der Waals surface area contributed by atoms with Gasteiger partial charge in [-0.15, -0.1) is 11.3 Å². The van der Waals surface area contributed by atoms with Crippen LogP contribution in [0.2, 0.25) is 0 Å². The monoisotopic (exact) mass is 314 g/mol. The molecule has 1 rings (SSSR count). The van der Waals surface area contributed by atoms with Gasteiger partial charge in [0.1, 0.15) is 5.01 Å². The average molecular weight is 314 g/mol.